The smallest absolute Gasteiger partial charge is 0.270 e. The molecule has 0 fully saturated rings. The molecule has 0 atom stereocenters. The largest absolute Gasteiger partial charge is 0.347 e. The number of hydrogen-bond acceptors (Lipinski definition) is 4. The first kappa shape index (κ1) is 15.8. The molecule has 0 aliphatic heterocycles. The molecular formula is C15H16ClN3OS. The lowest BCUT2D eigenvalue weighted by molar-refractivity contribution is 0.0945. The van der Waals surface area contributed by atoms with Crippen LogP contribution in [0.1, 0.15) is 28.7 Å². The molecule has 1 aromatic heterocycles. The zero-order valence-electron chi connectivity index (χ0n) is 11.9. The van der Waals surface area contributed by atoms with Crippen molar-refractivity contribution in [3.63, 3.8) is 0 Å². The lowest BCUT2D eigenvalue weighted by atomic mass is 10.2. The maximum absolute atomic E-state index is 12.2. The van der Waals surface area contributed by atoms with Crippen LogP contribution in [0.25, 0.3) is 0 Å². The second-order valence-corrected chi connectivity index (χ2v) is 6.09. The van der Waals surface area contributed by atoms with Crippen LogP contribution >= 0.6 is 23.4 Å². The van der Waals surface area contributed by atoms with Crippen LogP contribution in [-0.2, 0) is 6.54 Å². The third-order valence-electron chi connectivity index (χ3n) is 2.71. The van der Waals surface area contributed by atoms with Crippen molar-refractivity contribution in [2.75, 3.05) is 5.75 Å². The molecule has 0 aliphatic rings. The summed E-state index contributed by atoms with van der Waals surface area (Å²) in [6.07, 6.45) is 0. The molecule has 2 rings (SSSR count). The van der Waals surface area contributed by atoms with Crippen molar-refractivity contribution in [1.29, 1.82) is 0 Å². The summed E-state index contributed by atoms with van der Waals surface area (Å²) in [5.41, 5.74) is 2.17. The molecule has 1 N–H and O–H groups in total. The van der Waals surface area contributed by atoms with Crippen molar-refractivity contribution in [2.24, 2.45) is 0 Å². The average molecular weight is 322 g/mol. The van der Waals surface area contributed by atoms with E-state index in [4.69, 9.17) is 11.6 Å². The Labute approximate surface area is 133 Å². The van der Waals surface area contributed by atoms with Crippen molar-refractivity contribution in [2.45, 2.75) is 25.5 Å². The van der Waals surface area contributed by atoms with Crippen molar-refractivity contribution in [3.05, 3.63) is 52.3 Å². The Morgan fingerprint density at radius 1 is 1.29 bits per heavy atom. The number of nitrogens with zero attached hydrogens (tertiary/aromatic N) is 2. The maximum Gasteiger partial charge on any atom is 0.270 e. The molecule has 1 amide bonds. The molecule has 1 aromatic carbocycles. The van der Waals surface area contributed by atoms with Gasteiger partial charge in [-0.15, -0.1) is 0 Å². The Morgan fingerprint density at radius 2 is 2.00 bits per heavy atom. The fourth-order valence-electron chi connectivity index (χ4n) is 1.73. The summed E-state index contributed by atoms with van der Waals surface area (Å²) in [6, 6.07) is 9.05. The van der Waals surface area contributed by atoms with Gasteiger partial charge in [-0.05, 0) is 36.4 Å². The predicted molar refractivity (Wildman–Crippen MR) is 85.8 cm³/mol. The quantitative estimate of drug-likeness (QED) is 0.676. The highest BCUT2D eigenvalue weighted by molar-refractivity contribution is 7.99. The van der Waals surface area contributed by atoms with Gasteiger partial charge in [0.15, 0.2) is 5.16 Å². The van der Waals surface area contributed by atoms with E-state index >= 15 is 0 Å². The molecule has 0 unspecified atom stereocenters. The highest BCUT2D eigenvalue weighted by atomic mass is 35.5. The zero-order chi connectivity index (χ0) is 15.2. The summed E-state index contributed by atoms with van der Waals surface area (Å²) in [5, 5.41) is 4.16. The number of aryl methyl sites for hydroxylation is 1. The Hall–Kier alpha value is -1.59. The van der Waals surface area contributed by atoms with Crippen LogP contribution in [0.3, 0.4) is 0 Å². The minimum absolute atomic E-state index is 0.201. The summed E-state index contributed by atoms with van der Waals surface area (Å²) in [7, 11) is 0. The molecule has 0 radical (unpaired) electrons. The number of hydrogen-bond donors (Lipinski definition) is 1. The number of carbonyl (C=O) groups is 1. The van der Waals surface area contributed by atoms with Gasteiger partial charge >= 0.3 is 0 Å². The van der Waals surface area contributed by atoms with Gasteiger partial charge in [0.25, 0.3) is 5.91 Å². The van der Waals surface area contributed by atoms with E-state index in [1.165, 1.54) is 11.8 Å². The summed E-state index contributed by atoms with van der Waals surface area (Å²) in [4.78, 5) is 20.7. The lowest BCUT2D eigenvalue weighted by Crippen LogP contribution is -2.24. The monoisotopic (exact) mass is 321 g/mol. The van der Waals surface area contributed by atoms with E-state index in [2.05, 4.69) is 15.3 Å². The van der Waals surface area contributed by atoms with E-state index in [1.54, 1.807) is 18.2 Å². The van der Waals surface area contributed by atoms with E-state index in [-0.39, 0.29) is 5.91 Å². The normalized spacial score (nSPS) is 10.4. The molecule has 21 heavy (non-hydrogen) atoms. The molecular weight excluding hydrogens is 306 g/mol. The van der Waals surface area contributed by atoms with Gasteiger partial charge in [0, 0.05) is 17.3 Å². The van der Waals surface area contributed by atoms with Crippen LogP contribution in [0.5, 0.6) is 0 Å². The van der Waals surface area contributed by atoms with E-state index in [1.807, 2.05) is 26.0 Å². The van der Waals surface area contributed by atoms with Gasteiger partial charge in [-0.1, -0.05) is 42.4 Å². The third kappa shape index (κ3) is 4.72. The van der Waals surface area contributed by atoms with E-state index in [0.717, 1.165) is 17.0 Å². The lowest BCUT2D eigenvalue weighted by Gasteiger charge is -2.07. The number of amides is 1. The van der Waals surface area contributed by atoms with Crippen LogP contribution in [0, 0.1) is 6.92 Å². The van der Waals surface area contributed by atoms with Gasteiger partial charge in [-0.25, -0.2) is 9.97 Å². The predicted octanol–water partition coefficient (Wildman–Crippen LogP) is 3.48. The molecule has 6 heteroatoms. The van der Waals surface area contributed by atoms with Gasteiger partial charge < -0.3 is 5.32 Å². The number of halogens is 1. The Morgan fingerprint density at radius 3 is 2.67 bits per heavy atom. The van der Waals surface area contributed by atoms with Crippen LogP contribution < -0.4 is 5.32 Å². The third-order valence-corrected chi connectivity index (χ3v) is 3.69. The molecule has 1 heterocycles. The minimum atomic E-state index is -0.201. The molecule has 4 nitrogen and oxygen atoms in total. The van der Waals surface area contributed by atoms with Gasteiger partial charge in [0.05, 0.1) is 0 Å². The fraction of sp³-hybridized carbons (Fsp3) is 0.267. The second-order valence-electron chi connectivity index (χ2n) is 4.42. The molecule has 0 saturated carbocycles. The first-order valence-electron chi connectivity index (χ1n) is 6.59. The van der Waals surface area contributed by atoms with Crippen molar-refractivity contribution in [1.82, 2.24) is 15.3 Å². The van der Waals surface area contributed by atoms with Crippen molar-refractivity contribution < 1.29 is 4.79 Å². The molecule has 0 saturated heterocycles. The van der Waals surface area contributed by atoms with E-state index in [9.17, 15) is 4.79 Å². The molecule has 0 spiro atoms. The molecule has 0 aliphatic carbocycles. The summed E-state index contributed by atoms with van der Waals surface area (Å²) in [5.74, 6) is 0.670. The molecule has 2 aromatic rings. The molecule has 0 bridgehead atoms. The number of thioether (sulfide) groups is 1. The van der Waals surface area contributed by atoms with Crippen LogP contribution in [-0.4, -0.2) is 21.6 Å². The zero-order valence-corrected chi connectivity index (χ0v) is 13.5. The van der Waals surface area contributed by atoms with Crippen LogP contribution in [0.15, 0.2) is 35.5 Å². The second kappa shape index (κ2) is 7.43. The first-order valence-corrected chi connectivity index (χ1v) is 7.96. The van der Waals surface area contributed by atoms with E-state index < -0.39 is 0 Å². The topological polar surface area (TPSA) is 54.9 Å². The Balaban J connectivity index is 2.04. The summed E-state index contributed by atoms with van der Waals surface area (Å²) >= 11 is 7.35. The molecule has 110 valence electrons. The van der Waals surface area contributed by atoms with E-state index in [0.29, 0.717) is 22.4 Å². The number of nitrogens with one attached hydrogen (secondary N) is 1. The fourth-order valence-corrected chi connectivity index (χ4v) is 2.48. The highest BCUT2D eigenvalue weighted by Crippen LogP contribution is 2.14. The Bertz CT molecular complexity index is 631. The number of rotatable bonds is 5. The van der Waals surface area contributed by atoms with Crippen molar-refractivity contribution >= 4 is 29.3 Å². The maximum atomic E-state index is 12.2. The van der Waals surface area contributed by atoms with Crippen LogP contribution in [0.2, 0.25) is 5.02 Å². The van der Waals surface area contributed by atoms with Crippen LogP contribution in [0.4, 0.5) is 0 Å². The summed E-state index contributed by atoms with van der Waals surface area (Å²) in [6.45, 7) is 4.32. The minimum Gasteiger partial charge on any atom is -0.347 e. The SMILES string of the molecule is CCSc1nc(C)cc(C(=O)NCc2ccc(Cl)cc2)n1. The number of carbonyl (C=O) groups excluding carboxylic acids is 1. The van der Waals surface area contributed by atoms with Gasteiger partial charge in [-0.2, -0.15) is 0 Å². The first-order chi connectivity index (χ1) is 10.1. The standard InChI is InChI=1S/C15H16ClN3OS/c1-3-21-15-18-10(2)8-13(19-15)14(20)17-9-11-4-6-12(16)7-5-11/h4-8H,3,9H2,1-2H3,(H,17,20). The summed E-state index contributed by atoms with van der Waals surface area (Å²) < 4.78 is 0. The Kier molecular flexibility index (Phi) is 5.59. The number of benzene rings is 1. The number of aromatic nitrogens is 2. The average Bonchev–Trinajstić information content (AvgIpc) is 2.46. The van der Waals surface area contributed by atoms with Gasteiger partial charge in [0.2, 0.25) is 0 Å². The highest BCUT2D eigenvalue weighted by Gasteiger charge is 2.10. The van der Waals surface area contributed by atoms with Gasteiger partial charge in [-0.3, -0.25) is 4.79 Å². The van der Waals surface area contributed by atoms with Gasteiger partial charge in [0.1, 0.15) is 5.69 Å². The van der Waals surface area contributed by atoms with Crippen molar-refractivity contribution in [3.8, 4) is 0 Å².